The zero-order valence-corrected chi connectivity index (χ0v) is 21.8. The summed E-state index contributed by atoms with van der Waals surface area (Å²) in [6.07, 6.45) is 0. The van der Waals surface area contributed by atoms with Gasteiger partial charge in [-0.25, -0.2) is 0 Å². The predicted molar refractivity (Wildman–Crippen MR) is 141 cm³/mol. The Balaban J connectivity index is 1.64. The van der Waals surface area contributed by atoms with Crippen molar-refractivity contribution < 1.29 is 24.2 Å². The molecule has 2 aliphatic heterocycles. The van der Waals surface area contributed by atoms with Gasteiger partial charge in [-0.2, -0.15) is 0 Å². The van der Waals surface area contributed by atoms with Crippen LogP contribution in [0, 0.1) is 13.8 Å². The van der Waals surface area contributed by atoms with Crippen molar-refractivity contribution in [2.75, 3.05) is 6.79 Å². The summed E-state index contributed by atoms with van der Waals surface area (Å²) in [5.41, 5.74) is 5.08. The SMILES string of the molecule is Cc1ccc(C)c(/C(O)=C2\C(=O)C(=O)N(Cc3ccc4c(c3)OCO4)C2c2ccc(C(C)(C)C)cc2)c1. The van der Waals surface area contributed by atoms with E-state index in [0.29, 0.717) is 17.1 Å². The first kappa shape index (κ1) is 24.6. The smallest absolute Gasteiger partial charge is 0.295 e. The molecule has 0 spiro atoms. The Kier molecular flexibility index (Phi) is 6.06. The molecule has 3 aromatic carbocycles. The number of benzene rings is 3. The van der Waals surface area contributed by atoms with Crippen LogP contribution < -0.4 is 9.47 Å². The monoisotopic (exact) mass is 497 g/mol. The fraction of sp³-hybridized carbons (Fsp3) is 0.290. The minimum atomic E-state index is -0.737. The molecule has 5 rings (SSSR count). The number of aliphatic hydroxyl groups excluding tert-OH is 1. The molecular formula is C31H31NO5. The molecule has 1 fully saturated rings. The van der Waals surface area contributed by atoms with Crippen molar-refractivity contribution in [2.24, 2.45) is 0 Å². The number of ether oxygens (including phenoxy) is 2. The van der Waals surface area contributed by atoms with E-state index in [4.69, 9.17) is 9.47 Å². The van der Waals surface area contributed by atoms with Gasteiger partial charge in [-0.05, 0) is 59.7 Å². The van der Waals surface area contributed by atoms with E-state index in [2.05, 4.69) is 20.8 Å². The molecule has 37 heavy (non-hydrogen) atoms. The average Bonchev–Trinajstić information content (AvgIpc) is 3.42. The Morgan fingerprint density at radius 2 is 1.65 bits per heavy atom. The number of carbonyl (C=O) groups excluding carboxylic acids is 2. The summed E-state index contributed by atoms with van der Waals surface area (Å²) in [6, 6.07) is 18.4. The zero-order chi connectivity index (χ0) is 26.5. The van der Waals surface area contributed by atoms with Crippen LogP contribution in [-0.2, 0) is 21.5 Å². The van der Waals surface area contributed by atoms with E-state index in [1.807, 2.05) is 68.4 Å². The summed E-state index contributed by atoms with van der Waals surface area (Å²) in [5.74, 6) is -0.235. The Morgan fingerprint density at radius 3 is 2.35 bits per heavy atom. The van der Waals surface area contributed by atoms with Crippen molar-refractivity contribution in [2.45, 2.75) is 52.6 Å². The highest BCUT2D eigenvalue weighted by Gasteiger charge is 2.46. The number of carbonyl (C=O) groups is 2. The van der Waals surface area contributed by atoms with Gasteiger partial charge >= 0.3 is 0 Å². The maximum Gasteiger partial charge on any atom is 0.295 e. The maximum absolute atomic E-state index is 13.5. The van der Waals surface area contributed by atoms with Crippen molar-refractivity contribution in [3.05, 3.63) is 99.6 Å². The van der Waals surface area contributed by atoms with Gasteiger partial charge in [-0.3, -0.25) is 9.59 Å². The van der Waals surface area contributed by atoms with Gasteiger partial charge in [-0.1, -0.05) is 68.8 Å². The van der Waals surface area contributed by atoms with E-state index >= 15 is 0 Å². The molecule has 0 saturated carbocycles. The van der Waals surface area contributed by atoms with Gasteiger partial charge in [0.1, 0.15) is 5.76 Å². The molecule has 1 amide bonds. The maximum atomic E-state index is 13.5. The summed E-state index contributed by atoms with van der Waals surface area (Å²) >= 11 is 0. The van der Waals surface area contributed by atoms with Gasteiger partial charge in [0.05, 0.1) is 11.6 Å². The second kappa shape index (κ2) is 9.11. The molecule has 1 atom stereocenters. The fourth-order valence-electron chi connectivity index (χ4n) is 4.93. The highest BCUT2D eigenvalue weighted by atomic mass is 16.7. The third kappa shape index (κ3) is 4.48. The number of aryl methyl sites for hydroxylation is 2. The summed E-state index contributed by atoms with van der Waals surface area (Å²) in [6.45, 7) is 10.5. The minimum absolute atomic E-state index is 0.0501. The number of aliphatic hydroxyl groups is 1. The molecule has 2 heterocycles. The molecule has 0 aliphatic carbocycles. The van der Waals surface area contributed by atoms with Crippen LogP contribution in [0.5, 0.6) is 11.5 Å². The summed E-state index contributed by atoms with van der Waals surface area (Å²) in [7, 11) is 0. The Hall–Kier alpha value is -4.06. The number of hydrogen-bond acceptors (Lipinski definition) is 5. The van der Waals surface area contributed by atoms with E-state index in [1.54, 1.807) is 6.07 Å². The number of fused-ring (bicyclic) bond motifs is 1. The predicted octanol–water partition coefficient (Wildman–Crippen LogP) is 5.95. The molecule has 1 N–H and O–H groups in total. The van der Waals surface area contributed by atoms with Gasteiger partial charge in [0.2, 0.25) is 6.79 Å². The molecule has 190 valence electrons. The number of hydrogen-bond donors (Lipinski definition) is 1. The first-order valence-electron chi connectivity index (χ1n) is 12.4. The van der Waals surface area contributed by atoms with Crippen LogP contribution >= 0.6 is 0 Å². The number of likely N-dealkylation sites (tertiary alicyclic amines) is 1. The highest BCUT2D eigenvalue weighted by molar-refractivity contribution is 6.46. The van der Waals surface area contributed by atoms with Gasteiger partial charge in [0.15, 0.2) is 11.5 Å². The van der Waals surface area contributed by atoms with E-state index in [1.165, 1.54) is 4.90 Å². The Labute approximate surface area is 217 Å². The molecule has 0 aromatic heterocycles. The topological polar surface area (TPSA) is 76.1 Å². The van der Waals surface area contributed by atoms with Crippen LogP contribution in [0.1, 0.15) is 60.2 Å². The number of ketones is 1. The van der Waals surface area contributed by atoms with Crippen LogP contribution in [0.25, 0.3) is 5.76 Å². The summed E-state index contributed by atoms with van der Waals surface area (Å²) in [5, 5.41) is 11.5. The summed E-state index contributed by atoms with van der Waals surface area (Å²) < 4.78 is 10.9. The number of nitrogens with zero attached hydrogens (tertiary/aromatic N) is 1. The normalized spacial score (nSPS) is 18.5. The molecule has 6 heteroatoms. The van der Waals surface area contributed by atoms with Crippen molar-refractivity contribution >= 4 is 17.4 Å². The van der Waals surface area contributed by atoms with Crippen LogP contribution in [0.3, 0.4) is 0 Å². The number of Topliss-reactive ketones (excluding diaryl/α,β-unsaturated/α-hetero) is 1. The standard InChI is InChI=1S/C31H31NO5/c1-18-6-7-19(2)23(14-18)28(33)26-27(21-9-11-22(12-10-21)31(3,4)5)32(30(35)29(26)34)16-20-8-13-24-25(15-20)37-17-36-24/h6-15,27,33H,16-17H2,1-5H3/b28-26+. The molecule has 1 unspecified atom stereocenters. The quantitative estimate of drug-likeness (QED) is 0.274. The Morgan fingerprint density at radius 1 is 0.946 bits per heavy atom. The molecule has 1 saturated heterocycles. The minimum Gasteiger partial charge on any atom is -0.507 e. The average molecular weight is 498 g/mol. The van der Waals surface area contributed by atoms with Gasteiger partial charge in [0, 0.05) is 12.1 Å². The van der Waals surface area contributed by atoms with Crippen LogP contribution in [-0.4, -0.2) is 28.5 Å². The van der Waals surface area contributed by atoms with Gasteiger partial charge < -0.3 is 19.5 Å². The fourth-order valence-corrected chi connectivity index (χ4v) is 4.93. The highest BCUT2D eigenvalue weighted by Crippen LogP contribution is 2.42. The van der Waals surface area contributed by atoms with Crippen molar-refractivity contribution in [3.63, 3.8) is 0 Å². The Bertz CT molecular complexity index is 1430. The molecule has 3 aromatic rings. The lowest BCUT2D eigenvalue weighted by molar-refractivity contribution is -0.140. The lowest BCUT2D eigenvalue weighted by Crippen LogP contribution is -2.29. The molecule has 0 radical (unpaired) electrons. The third-order valence-electron chi connectivity index (χ3n) is 7.07. The molecule has 2 aliphatic rings. The largest absolute Gasteiger partial charge is 0.507 e. The van der Waals surface area contributed by atoms with Crippen molar-refractivity contribution in [1.29, 1.82) is 0 Å². The van der Waals surface area contributed by atoms with E-state index in [-0.39, 0.29) is 30.1 Å². The first-order valence-corrected chi connectivity index (χ1v) is 12.4. The van der Waals surface area contributed by atoms with Gasteiger partial charge in [0.25, 0.3) is 11.7 Å². The van der Waals surface area contributed by atoms with Gasteiger partial charge in [-0.15, -0.1) is 0 Å². The first-order chi connectivity index (χ1) is 17.5. The number of rotatable bonds is 4. The van der Waals surface area contributed by atoms with Crippen LogP contribution in [0.4, 0.5) is 0 Å². The second-order valence-electron chi connectivity index (χ2n) is 10.8. The zero-order valence-electron chi connectivity index (χ0n) is 21.8. The molecule has 6 nitrogen and oxygen atoms in total. The van der Waals surface area contributed by atoms with Crippen molar-refractivity contribution in [1.82, 2.24) is 4.90 Å². The third-order valence-corrected chi connectivity index (χ3v) is 7.07. The van der Waals surface area contributed by atoms with E-state index in [9.17, 15) is 14.7 Å². The lowest BCUT2D eigenvalue weighted by Gasteiger charge is -2.27. The second-order valence-corrected chi connectivity index (χ2v) is 10.8. The number of amides is 1. The summed E-state index contributed by atoms with van der Waals surface area (Å²) in [4.78, 5) is 28.4. The van der Waals surface area contributed by atoms with E-state index < -0.39 is 17.7 Å². The van der Waals surface area contributed by atoms with Crippen molar-refractivity contribution in [3.8, 4) is 11.5 Å². The molecule has 0 bridgehead atoms. The van der Waals surface area contributed by atoms with Crippen LogP contribution in [0.2, 0.25) is 0 Å². The van der Waals surface area contributed by atoms with Crippen LogP contribution in [0.15, 0.2) is 66.2 Å². The lowest BCUT2D eigenvalue weighted by atomic mass is 9.85. The molecular weight excluding hydrogens is 466 g/mol. The van der Waals surface area contributed by atoms with E-state index in [0.717, 1.165) is 27.8 Å².